The molecule has 24 heavy (non-hydrogen) atoms. The second-order valence-electron chi connectivity index (χ2n) is 5.60. The van der Waals surface area contributed by atoms with Gasteiger partial charge in [-0.15, -0.1) is 11.3 Å². The molecule has 1 aliphatic carbocycles. The van der Waals surface area contributed by atoms with E-state index in [4.69, 9.17) is 5.11 Å². The van der Waals surface area contributed by atoms with Gasteiger partial charge >= 0.3 is 5.97 Å². The molecular weight excluding hydrogens is 354 g/mol. The van der Waals surface area contributed by atoms with Gasteiger partial charge in [0, 0.05) is 12.1 Å². The Kier molecular flexibility index (Phi) is 6.33. The molecule has 1 heterocycles. The summed E-state index contributed by atoms with van der Waals surface area (Å²) in [6, 6.07) is 3.20. The molecule has 0 unspecified atom stereocenters. The highest BCUT2D eigenvalue weighted by Crippen LogP contribution is 2.25. The summed E-state index contributed by atoms with van der Waals surface area (Å²) in [6.45, 7) is 2.21. The summed E-state index contributed by atoms with van der Waals surface area (Å²) in [4.78, 5) is 24.5. The number of nitrogens with zero attached hydrogens (tertiary/aromatic N) is 1. The lowest BCUT2D eigenvalue weighted by Gasteiger charge is -2.42. The van der Waals surface area contributed by atoms with Gasteiger partial charge in [-0.25, -0.2) is 13.1 Å². The smallest absolute Gasteiger partial charge is 0.317 e. The third kappa shape index (κ3) is 5.00. The van der Waals surface area contributed by atoms with Crippen molar-refractivity contribution in [2.24, 2.45) is 0 Å². The summed E-state index contributed by atoms with van der Waals surface area (Å²) in [6.07, 6.45) is 1.34. The maximum atomic E-state index is 11.9. The van der Waals surface area contributed by atoms with Crippen molar-refractivity contribution in [1.82, 2.24) is 14.9 Å². The number of nitrogens with one attached hydrogen (secondary N) is 2. The molecule has 1 aromatic heterocycles. The number of thiophene rings is 1. The number of hydrogen-bond donors (Lipinski definition) is 3. The Morgan fingerprint density at radius 1 is 1.42 bits per heavy atom. The van der Waals surface area contributed by atoms with Crippen LogP contribution in [0, 0.1) is 0 Å². The van der Waals surface area contributed by atoms with Gasteiger partial charge < -0.3 is 10.4 Å². The Bertz CT molecular complexity index is 669. The summed E-state index contributed by atoms with van der Waals surface area (Å²) in [7, 11) is -3.64. The van der Waals surface area contributed by atoms with Gasteiger partial charge in [-0.05, 0) is 30.8 Å². The zero-order valence-electron chi connectivity index (χ0n) is 13.3. The van der Waals surface area contributed by atoms with E-state index in [1.807, 2.05) is 11.8 Å². The molecular formula is C14H21N3O5S2. The monoisotopic (exact) mass is 375 g/mol. The van der Waals surface area contributed by atoms with Gasteiger partial charge in [-0.1, -0.05) is 13.0 Å². The lowest BCUT2D eigenvalue weighted by atomic mass is 9.85. The summed E-state index contributed by atoms with van der Waals surface area (Å²) in [5.74, 6) is -1.26. The molecule has 0 saturated heterocycles. The fourth-order valence-electron chi connectivity index (χ4n) is 2.60. The van der Waals surface area contributed by atoms with E-state index < -0.39 is 16.0 Å². The predicted octanol–water partition coefficient (Wildman–Crippen LogP) is 0.0801. The Labute approximate surface area is 144 Å². The van der Waals surface area contributed by atoms with E-state index in [9.17, 15) is 18.0 Å². The van der Waals surface area contributed by atoms with Gasteiger partial charge in [0.25, 0.3) is 10.0 Å². The normalized spacial score (nSPS) is 20.6. The van der Waals surface area contributed by atoms with Crippen molar-refractivity contribution in [2.75, 3.05) is 19.6 Å². The lowest BCUT2D eigenvalue weighted by molar-refractivity contribution is -0.139. The number of amides is 1. The first-order valence-corrected chi connectivity index (χ1v) is 9.96. The van der Waals surface area contributed by atoms with Crippen molar-refractivity contribution in [1.29, 1.82) is 0 Å². The fraction of sp³-hybridized carbons (Fsp3) is 0.571. The van der Waals surface area contributed by atoms with Crippen LogP contribution in [0.5, 0.6) is 0 Å². The second kappa shape index (κ2) is 8.06. The maximum Gasteiger partial charge on any atom is 0.317 e. The first-order valence-electron chi connectivity index (χ1n) is 7.60. The van der Waals surface area contributed by atoms with Crippen molar-refractivity contribution in [3.05, 3.63) is 17.5 Å². The average molecular weight is 375 g/mol. The molecule has 0 atom stereocenters. The number of aliphatic carboxylic acids is 1. The number of carboxylic acids is 1. The quantitative estimate of drug-likeness (QED) is 0.563. The van der Waals surface area contributed by atoms with E-state index in [1.54, 1.807) is 11.4 Å². The van der Waals surface area contributed by atoms with Crippen molar-refractivity contribution in [3.8, 4) is 0 Å². The number of rotatable bonds is 9. The van der Waals surface area contributed by atoms with Gasteiger partial charge in [-0.3, -0.25) is 14.5 Å². The SMILES string of the molecule is CCN(CC(=O)O)C1CC(NC(=O)CNS(=O)(=O)c2cccs2)C1. The Balaban J connectivity index is 1.72. The largest absolute Gasteiger partial charge is 0.480 e. The summed E-state index contributed by atoms with van der Waals surface area (Å²) in [5, 5.41) is 13.3. The van der Waals surface area contributed by atoms with Crippen LogP contribution in [-0.4, -0.2) is 62.0 Å². The molecule has 3 N–H and O–H groups in total. The van der Waals surface area contributed by atoms with Crippen LogP contribution in [0.15, 0.2) is 21.7 Å². The molecule has 0 aromatic carbocycles. The molecule has 134 valence electrons. The zero-order valence-corrected chi connectivity index (χ0v) is 14.9. The minimum absolute atomic E-state index is 0.0115. The predicted molar refractivity (Wildman–Crippen MR) is 89.3 cm³/mol. The minimum atomic E-state index is -3.64. The first-order chi connectivity index (χ1) is 11.3. The molecule has 0 radical (unpaired) electrons. The highest BCUT2D eigenvalue weighted by molar-refractivity contribution is 7.91. The topological polar surface area (TPSA) is 116 Å². The van der Waals surface area contributed by atoms with Crippen LogP contribution in [-0.2, 0) is 19.6 Å². The van der Waals surface area contributed by atoms with E-state index in [0.29, 0.717) is 19.4 Å². The maximum absolute atomic E-state index is 11.9. The highest BCUT2D eigenvalue weighted by Gasteiger charge is 2.34. The number of carbonyl (C=O) groups excluding carboxylic acids is 1. The van der Waals surface area contributed by atoms with E-state index in [2.05, 4.69) is 10.0 Å². The minimum Gasteiger partial charge on any atom is -0.480 e. The molecule has 0 aliphatic heterocycles. The first kappa shape index (κ1) is 18.8. The van der Waals surface area contributed by atoms with Crippen LogP contribution in [0.1, 0.15) is 19.8 Å². The molecule has 1 saturated carbocycles. The number of carboxylic acid groups (broad SMARTS) is 1. The zero-order chi connectivity index (χ0) is 17.7. The summed E-state index contributed by atoms with van der Waals surface area (Å²) in [5.41, 5.74) is 0. The Morgan fingerprint density at radius 3 is 2.67 bits per heavy atom. The summed E-state index contributed by atoms with van der Waals surface area (Å²) >= 11 is 1.09. The van der Waals surface area contributed by atoms with E-state index in [0.717, 1.165) is 11.3 Å². The van der Waals surface area contributed by atoms with Crippen LogP contribution in [0.2, 0.25) is 0 Å². The lowest BCUT2D eigenvalue weighted by Crippen LogP contribution is -2.55. The third-order valence-electron chi connectivity index (χ3n) is 3.92. The summed E-state index contributed by atoms with van der Waals surface area (Å²) < 4.78 is 26.3. The van der Waals surface area contributed by atoms with Crippen LogP contribution >= 0.6 is 11.3 Å². The molecule has 0 bridgehead atoms. The number of carbonyl (C=O) groups is 2. The molecule has 10 heteroatoms. The molecule has 1 aliphatic rings. The highest BCUT2D eigenvalue weighted by atomic mass is 32.2. The molecule has 1 aromatic rings. The molecule has 2 rings (SSSR count). The van der Waals surface area contributed by atoms with Gasteiger partial charge in [0.05, 0.1) is 13.1 Å². The van der Waals surface area contributed by atoms with E-state index >= 15 is 0 Å². The van der Waals surface area contributed by atoms with E-state index in [-0.39, 0.29) is 35.3 Å². The number of sulfonamides is 1. The van der Waals surface area contributed by atoms with Crippen LogP contribution < -0.4 is 10.0 Å². The van der Waals surface area contributed by atoms with Crippen molar-refractivity contribution < 1.29 is 23.1 Å². The standard InChI is InChI=1S/C14H21N3O5S2/c1-2-17(9-13(19)20)11-6-10(7-11)16-12(18)8-15-24(21,22)14-4-3-5-23-14/h3-5,10-11,15H,2,6-9H2,1H3,(H,16,18)(H,19,20). The second-order valence-corrected chi connectivity index (χ2v) is 8.54. The van der Waals surface area contributed by atoms with E-state index in [1.165, 1.54) is 6.07 Å². The third-order valence-corrected chi connectivity index (χ3v) is 6.72. The van der Waals surface area contributed by atoms with Crippen LogP contribution in [0.3, 0.4) is 0 Å². The van der Waals surface area contributed by atoms with Crippen LogP contribution in [0.4, 0.5) is 0 Å². The van der Waals surface area contributed by atoms with Crippen molar-refractivity contribution in [2.45, 2.75) is 36.1 Å². The number of likely N-dealkylation sites (N-methyl/N-ethyl adjacent to an activating group) is 1. The Hall–Kier alpha value is -1.49. The van der Waals surface area contributed by atoms with Gasteiger partial charge in [0.2, 0.25) is 5.91 Å². The molecule has 0 spiro atoms. The van der Waals surface area contributed by atoms with Crippen molar-refractivity contribution >= 4 is 33.2 Å². The van der Waals surface area contributed by atoms with Crippen LogP contribution in [0.25, 0.3) is 0 Å². The van der Waals surface area contributed by atoms with Gasteiger partial charge in [0.1, 0.15) is 4.21 Å². The van der Waals surface area contributed by atoms with Crippen molar-refractivity contribution in [3.63, 3.8) is 0 Å². The fourth-order valence-corrected chi connectivity index (χ4v) is 4.62. The average Bonchev–Trinajstić information content (AvgIpc) is 3.01. The Morgan fingerprint density at radius 2 is 2.12 bits per heavy atom. The molecule has 1 amide bonds. The van der Waals surface area contributed by atoms with Gasteiger partial charge in [0.15, 0.2) is 0 Å². The van der Waals surface area contributed by atoms with Gasteiger partial charge in [-0.2, -0.15) is 0 Å². The number of hydrogen-bond acceptors (Lipinski definition) is 6. The molecule has 8 nitrogen and oxygen atoms in total. The molecule has 1 fully saturated rings.